The maximum Gasteiger partial charge on any atom is 0.337 e. The highest BCUT2D eigenvalue weighted by molar-refractivity contribution is 5.96. The number of anilines is 1. The Morgan fingerprint density at radius 2 is 1.90 bits per heavy atom. The summed E-state index contributed by atoms with van der Waals surface area (Å²) in [5.41, 5.74) is 10.1. The first-order chi connectivity index (χ1) is 9.90. The highest BCUT2D eigenvalue weighted by Crippen LogP contribution is 2.29. The third-order valence-electron chi connectivity index (χ3n) is 2.70. The van der Waals surface area contributed by atoms with Gasteiger partial charge in [-0.25, -0.2) is 9.18 Å². The number of amides is 1. The lowest BCUT2D eigenvalue weighted by molar-refractivity contribution is 0.0697. The number of carbonyl (C=O) groups excluding carboxylic acids is 1. The average molecular weight is 290 g/mol. The topological polar surface area (TPSA) is 116 Å². The van der Waals surface area contributed by atoms with Crippen LogP contribution in [-0.4, -0.2) is 17.0 Å². The first kappa shape index (κ1) is 14.3. The van der Waals surface area contributed by atoms with E-state index in [-0.39, 0.29) is 22.7 Å². The van der Waals surface area contributed by atoms with Crippen molar-refractivity contribution < 1.29 is 23.8 Å². The number of carboxylic acids is 1. The van der Waals surface area contributed by atoms with Gasteiger partial charge in [-0.15, -0.1) is 0 Å². The second kappa shape index (κ2) is 5.49. The molecule has 7 heteroatoms. The third-order valence-corrected chi connectivity index (χ3v) is 2.70. The van der Waals surface area contributed by atoms with Gasteiger partial charge >= 0.3 is 5.97 Å². The molecule has 6 nitrogen and oxygen atoms in total. The van der Waals surface area contributed by atoms with Crippen LogP contribution in [0.15, 0.2) is 36.4 Å². The van der Waals surface area contributed by atoms with Gasteiger partial charge in [0.2, 0.25) is 0 Å². The van der Waals surface area contributed by atoms with Crippen LogP contribution in [-0.2, 0) is 0 Å². The number of benzene rings is 2. The molecule has 0 unspecified atom stereocenters. The summed E-state index contributed by atoms with van der Waals surface area (Å²) in [5, 5.41) is 8.97. The third kappa shape index (κ3) is 2.92. The lowest BCUT2D eigenvalue weighted by Gasteiger charge is -2.11. The molecule has 21 heavy (non-hydrogen) atoms. The van der Waals surface area contributed by atoms with Gasteiger partial charge in [-0.1, -0.05) is 6.07 Å². The van der Waals surface area contributed by atoms with E-state index in [4.69, 9.17) is 21.3 Å². The minimum Gasteiger partial charge on any atom is -0.478 e. The van der Waals surface area contributed by atoms with E-state index in [0.29, 0.717) is 0 Å². The van der Waals surface area contributed by atoms with Crippen LogP contribution >= 0.6 is 0 Å². The lowest BCUT2D eigenvalue weighted by atomic mass is 10.1. The number of nitrogen functional groups attached to an aromatic ring is 1. The highest BCUT2D eigenvalue weighted by Gasteiger charge is 2.16. The van der Waals surface area contributed by atoms with Gasteiger partial charge < -0.3 is 21.3 Å². The summed E-state index contributed by atoms with van der Waals surface area (Å²) in [5.74, 6) is -3.06. The van der Waals surface area contributed by atoms with Crippen molar-refractivity contribution in [2.45, 2.75) is 0 Å². The van der Waals surface area contributed by atoms with Crippen molar-refractivity contribution in [3.05, 3.63) is 53.3 Å². The van der Waals surface area contributed by atoms with E-state index in [1.165, 1.54) is 30.3 Å². The van der Waals surface area contributed by atoms with E-state index in [2.05, 4.69) is 0 Å². The van der Waals surface area contributed by atoms with Gasteiger partial charge in [-0.05, 0) is 30.3 Å². The molecule has 0 aliphatic rings. The second-order valence-electron chi connectivity index (χ2n) is 4.13. The minimum atomic E-state index is -1.23. The van der Waals surface area contributed by atoms with Crippen molar-refractivity contribution in [3.8, 4) is 11.5 Å². The zero-order valence-corrected chi connectivity index (χ0v) is 10.7. The molecule has 5 N–H and O–H groups in total. The summed E-state index contributed by atoms with van der Waals surface area (Å²) in [7, 11) is 0. The van der Waals surface area contributed by atoms with Crippen LogP contribution in [0, 0.1) is 5.82 Å². The Kier molecular flexibility index (Phi) is 3.75. The minimum absolute atomic E-state index is 0.0595. The fraction of sp³-hybridized carbons (Fsp3) is 0. The van der Waals surface area contributed by atoms with E-state index in [1.807, 2.05) is 0 Å². The molecule has 0 spiro atoms. The molecule has 108 valence electrons. The van der Waals surface area contributed by atoms with Gasteiger partial charge in [0.05, 0.1) is 5.56 Å². The standard InChI is InChI=1S/C14H11FN2O4/c15-9-2-1-3-11(12(9)13(17)18)21-7-4-5-10(16)8(6-7)14(19)20/h1-6H,16H2,(H2,17,18)(H,19,20). The number of hydrogen-bond donors (Lipinski definition) is 3. The first-order valence-corrected chi connectivity index (χ1v) is 5.79. The normalized spacial score (nSPS) is 10.1. The molecule has 0 radical (unpaired) electrons. The second-order valence-corrected chi connectivity index (χ2v) is 4.13. The average Bonchev–Trinajstić information content (AvgIpc) is 2.40. The fourth-order valence-corrected chi connectivity index (χ4v) is 1.74. The molecular weight excluding hydrogens is 279 g/mol. The van der Waals surface area contributed by atoms with Crippen LogP contribution in [0.1, 0.15) is 20.7 Å². The number of nitrogens with two attached hydrogens (primary N) is 2. The number of rotatable bonds is 4. The summed E-state index contributed by atoms with van der Waals surface area (Å²) in [4.78, 5) is 22.2. The monoisotopic (exact) mass is 290 g/mol. The summed E-state index contributed by atoms with van der Waals surface area (Å²) < 4.78 is 18.9. The van der Waals surface area contributed by atoms with Gasteiger partial charge in [0.25, 0.3) is 5.91 Å². The van der Waals surface area contributed by atoms with E-state index in [9.17, 15) is 14.0 Å². The molecule has 2 aromatic carbocycles. The maximum atomic E-state index is 13.6. The zero-order chi connectivity index (χ0) is 15.6. The molecule has 0 bridgehead atoms. The van der Waals surface area contributed by atoms with Crippen LogP contribution in [0.5, 0.6) is 11.5 Å². The maximum absolute atomic E-state index is 13.6. The molecule has 0 atom stereocenters. The van der Waals surface area contributed by atoms with Crippen molar-refractivity contribution in [1.29, 1.82) is 0 Å². The predicted octanol–water partition coefficient (Wildman–Crippen LogP) is 2.00. The lowest BCUT2D eigenvalue weighted by Crippen LogP contribution is -2.14. The Morgan fingerprint density at radius 3 is 2.52 bits per heavy atom. The summed E-state index contributed by atoms with van der Waals surface area (Å²) in [6.45, 7) is 0. The van der Waals surface area contributed by atoms with E-state index < -0.39 is 23.3 Å². The van der Waals surface area contributed by atoms with E-state index >= 15 is 0 Å². The molecule has 0 aliphatic carbocycles. The molecule has 0 saturated carbocycles. The van der Waals surface area contributed by atoms with Crippen LogP contribution in [0.2, 0.25) is 0 Å². The van der Waals surface area contributed by atoms with Crippen LogP contribution in [0.4, 0.5) is 10.1 Å². The van der Waals surface area contributed by atoms with E-state index in [1.54, 1.807) is 0 Å². The van der Waals surface area contributed by atoms with E-state index in [0.717, 1.165) is 6.07 Å². The molecular formula is C14H11FN2O4. The molecule has 0 aliphatic heterocycles. The van der Waals surface area contributed by atoms with Crippen molar-refractivity contribution in [2.24, 2.45) is 5.73 Å². The summed E-state index contributed by atoms with van der Waals surface area (Å²) in [6, 6.07) is 7.66. The van der Waals surface area contributed by atoms with Gasteiger partial charge in [0.15, 0.2) is 0 Å². The molecule has 0 fully saturated rings. The predicted molar refractivity (Wildman–Crippen MR) is 72.8 cm³/mol. The number of halogens is 1. The van der Waals surface area contributed by atoms with Crippen molar-refractivity contribution in [2.75, 3.05) is 5.73 Å². The Bertz CT molecular complexity index is 731. The molecule has 1 amide bonds. The number of carboxylic acid groups (broad SMARTS) is 1. The SMILES string of the molecule is NC(=O)c1c(F)cccc1Oc1ccc(N)c(C(=O)O)c1. The number of hydrogen-bond acceptors (Lipinski definition) is 4. The Balaban J connectivity index is 2.44. The number of carbonyl (C=O) groups is 2. The van der Waals surface area contributed by atoms with Gasteiger partial charge in [0, 0.05) is 5.69 Å². The zero-order valence-electron chi connectivity index (χ0n) is 10.7. The van der Waals surface area contributed by atoms with Gasteiger partial charge in [0.1, 0.15) is 22.9 Å². The largest absolute Gasteiger partial charge is 0.478 e. The molecule has 2 aromatic rings. The molecule has 0 aromatic heterocycles. The van der Waals surface area contributed by atoms with Crippen LogP contribution in [0.3, 0.4) is 0 Å². The Morgan fingerprint density at radius 1 is 1.19 bits per heavy atom. The highest BCUT2D eigenvalue weighted by atomic mass is 19.1. The van der Waals surface area contributed by atoms with Crippen molar-refractivity contribution >= 4 is 17.6 Å². The fourth-order valence-electron chi connectivity index (χ4n) is 1.74. The van der Waals surface area contributed by atoms with Gasteiger partial charge in [-0.3, -0.25) is 4.79 Å². The van der Waals surface area contributed by atoms with Crippen molar-refractivity contribution in [1.82, 2.24) is 0 Å². The molecule has 0 saturated heterocycles. The van der Waals surface area contributed by atoms with Gasteiger partial charge in [-0.2, -0.15) is 0 Å². The van der Waals surface area contributed by atoms with Crippen LogP contribution < -0.4 is 16.2 Å². The molecule has 0 heterocycles. The van der Waals surface area contributed by atoms with Crippen molar-refractivity contribution in [3.63, 3.8) is 0 Å². The number of primary amides is 1. The molecule has 2 rings (SSSR count). The first-order valence-electron chi connectivity index (χ1n) is 5.79. The Labute approximate surface area is 118 Å². The van der Waals surface area contributed by atoms with Crippen LogP contribution in [0.25, 0.3) is 0 Å². The quantitative estimate of drug-likeness (QED) is 0.745. The summed E-state index contributed by atoms with van der Waals surface area (Å²) in [6.07, 6.45) is 0. The number of aromatic carboxylic acids is 1. The smallest absolute Gasteiger partial charge is 0.337 e. The number of ether oxygens (including phenoxy) is 1. The summed E-state index contributed by atoms with van der Waals surface area (Å²) >= 11 is 0. The Hall–Kier alpha value is -3.09.